The van der Waals surface area contributed by atoms with Crippen molar-refractivity contribution in [1.29, 1.82) is 0 Å². The van der Waals surface area contributed by atoms with Crippen LogP contribution < -0.4 is 25.1 Å². The number of rotatable bonds is 25. The minimum Gasteiger partial charge on any atom is -0.491 e. The average molecular weight is 1040 g/mol. The van der Waals surface area contributed by atoms with Gasteiger partial charge >= 0.3 is 0 Å². The largest absolute Gasteiger partial charge is 0.491 e. The molecule has 6 heterocycles. The van der Waals surface area contributed by atoms with Crippen molar-refractivity contribution < 1.29 is 47.2 Å². The van der Waals surface area contributed by atoms with Crippen molar-refractivity contribution in [3.63, 3.8) is 0 Å². The van der Waals surface area contributed by atoms with Gasteiger partial charge in [-0.15, -0.1) is 11.3 Å². The highest BCUT2D eigenvalue weighted by atomic mass is 32.1. The molecule has 1 saturated heterocycles. The molecule has 0 radical (unpaired) electrons. The Balaban J connectivity index is 0.657. The number of aryl methyl sites for hydroxylation is 2. The standard InChI is InChI=1S/C55H60N8O11S/c1-35(2)50(63-32-39-8-5-6-9-43(39)54(63)66)55(67)62-19-7-10-46(62)52(65)57-30-38-12-11-37(51-36(3)58-34-75-51)28-48(38)72-27-25-70-23-21-68-20-22-69-24-26-71-42-14-13-40(56-31-42)33-73-41-15-17-47-45(29-41)59-53(74-47)44-16-18-49(64)61(4)60-44/h5-6,8-9,11-18,28-29,31,34-35,46,50H,7,10,19-27,30,32-33H2,1-4H3,(H,57,65)/t46-,50?/m0/s1. The van der Waals surface area contributed by atoms with Crippen molar-refractivity contribution in [2.24, 2.45) is 13.0 Å². The Morgan fingerprint density at radius 3 is 2.32 bits per heavy atom. The van der Waals surface area contributed by atoms with Crippen LogP contribution in [-0.2, 0) is 50.5 Å². The van der Waals surface area contributed by atoms with Gasteiger partial charge in [0, 0.05) is 49.9 Å². The van der Waals surface area contributed by atoms with Crippen LogP contribution in [0.3, 0.4) is 0 Å². The number of hydrogen-bond acceptors (Lipinski definition) is 16. The highest BCUT2D eigenvalue weighted by Gasteiger charge is 2.43. The Bertz CT molecular complexity index is 3160. The molecule has 3 amide bonds. The Labute approximate surface area is 437 Å². The number of amides is 3. The Morgan fingerprint density at radius 2 is 1.60 bits per heavy atom. The quantitative estimate of drug-likeness (QED) is 0.0584. The number of likely N-dealkylation sites (tertiary alicyclic amines) is 1. The number of oxazole rings is 1. The molecule has 20 heteroatoms. The van der Waals surface area contributed by atoms with E-state index in [9.17, 15) is 19.2 Å². The molecule has 1 N–H and O–H groups in total. The van der Waals surface area contributed by atoms with E-state index in [1.54, 1.807) is 64.7 Å². The predicted octanol–water partition coefficient (Wildman–Crippen LogP) is 6.79. The van der Waals surface area contributed by atoms with E-state index in [-0.39, 0.29) is 49.0 Å². The first-order valence-corrected chi connectivity index (χ1v) is 25.9. The van der Waals surface area contributed by atoms with Crippen molar-refractivity contribution in [3.05, 3.63) is 135 Å². The van der Waals surface area contributed by atoms with Gasteiger partial charge in [-0.1, -0.05) is 44.2 Å². The molecule has 4 aromatic heterocycles. The molecule has 0 bridgehead atoms. The Hall–Kier alpha value is -7.52. The summed E-state index contributed by atoms with van der Waals surface area (Å²) in [5.74, 6) is 1.39. The number of benzene rings is 3. The van der Waals surface area contributed by atoms with Crippen LogP contribution in [0.2, 0.25) is 0 Å². The van der Waals surface area contributed by atoms with Gasteiger partial charge in [0.2, 0.25) is 17.7 Å². The number of nitrogens with one attached hydrogen (secondary N) is 1. The van der Waals surface area contributed by atoms with E-state index in [2.05, 4.69) is 25.4 Å². The molecular weight excluding hydrogens is 981 g/mol. The number of thiazole rings is 1. The SMILES string of the molecule is Cc1ncsc1-c1ccc(CNC(=O)[C@@H]2CCCN2C(=O)C(C(C)C)N2Cc3ccccc3C2=O)c(OCCOCCOCCOCCOc2ccc(COc3ccc4oc(-c5ccc(=O)n(C)n5)nc4c3)nc2)c1. The Kier molecular flexibility index (Phi) is 17.2. The van der Waals surface area contributed by atoms with Gasteiger partial charge in [0.05, 0.1) is 67.6 Å². The fourth-order valence-electron chi connectivity index (χ4n) is 9.04. The van der Waals surface area contributed by atoms with E-state index in [4.69, 9.17) is 32.8 Å². The third-order valence-electron chi connectivity index (χ3n) is 12.9. The summed E-state index contributed by atoms with van der Waals surface area (Å²) in [4.78, 5) is 70.9. The number of ether oxygens (including phenoxy) is 6. The third-order valence-corrected chi connectivity index (χ3v) is 13.9. The zero-order chi connectivity index (χ0) is 52.3. The lowest BCUT2D eigenvalue weighted by Crippen LogP contribution is -2.55. The normalized spacial score (nSPS) is 14.7. The van der Waals surface area contributed by atoms with E-state index in [1.807, 2.05) is 74.8 Å². The molecule has 0 saturated carbocycles. The molecule has 392 valence electrons. The summed E-state index contributed by atoms with van der Waals surface area (Å²) in [6.07, 6.45) is 2.87. The average Bonchev–Trinajstić information content (AvgIpc) is 4.25. The van der Waals surface area contributed by atoms with Crippen molar-refractivity contribution in [1.82, 2.24) is 39.8 Å². The molecule has 19 nitrogen and oxygen atoms in total. The highest BCUT2D eigenvalue weighted by molar-refractivity contribution is 7.13. The topological polar surface area (TPSA) is 212 Å². The van der Waals surface area contributed by atoms with Gasteiger partial charge in [-0.05, 0) is 79.3 Å². The zero-order valence-electron chi connectivity index (χ0n) is 42.4. The zero-order valence-corrected chi connectivity index (χ0v) is 43.2. The number of carbonyl (C=O) groups excluding carboxylic acids is 3. The lowest BCUT2D eigenvalue weighted by molar-refractivity contribution is -0.143. The molecule has 2 atom stereocenters. The summed E-state index contributed by atoms with van der Waals surface area (Å²) < 4.78 is 42.2. The fraction of sp³-hybridized carbons (Fsp3) is 0.382. The molecule has 75 heavy (non-hydrogen) atoms. The number of fused-ring (bicyclic) bond motifs is 2. The van der Waals surface area contributed by atoms with Gasteiger partial charge < -0.3 is 48.0 Å². The molecule has 2 aliphatic rings. The first kappa shape index (κ1) is 52.3. The summed E-state index contributed by atoms with van der Waals surface area (Å²) in [5.41, 5.74) is 8.11. The number of pyridine rings is 1. The first-order valence-electron chi connectivity index (χ1n) is 25.0. The highest BCUT2D eigenvalue weighted by Crippen LogP contribution is 2.34. The summed E-state index contributed by atoms with van der Waals surface area (Å²) in [6, 6.07) is 24.0. The van der Waals surface area contributed by atoms with Crippen LogP contribution in [-0.4, -0.2) is 124 Å². The molecule has 0 aliphatic carbocycles. The van der Waals surface area contributed by atoms with E-state index in [0.29, 0.717) is 123 Å². The second kappa shape index (κ2) is 24.7. The smallest absolute Gasteiger partial charge is 0.266 e. The van der Waals surface area contributed by atoms with Gasteiger partial charge in [0.1, 0.15) is 60.4 Å². The molecule has 1 fully saturated rings. The second-order valence-corrected chi connectivity index (χ2v) is 19.3. The maximum absolute atomic E-state index is 14.2. The van der Waals surface area contributed by atoms with E-state index in [0.717, 1.165) is 27.3 Å². The van der Waals surface area contributed by atoms with Crippen LogP contribution in [0.5, 0.6) is 17.2 Å². The number of nitrogens with zero attached hydrogens (tertiary/aromatic N) is 7. The maximum atomic E-state index is 14.2. The number of carbonyl (C=O) groups is 3. The molecule has 2 aliphatic heterocycles. The predicted molar refractivity (Wildman–Crippen MR) is 278 cm³/mol. The van der Waals surface area contributed by atoms with Gasteiger partial charge in [-0.2, -0.15) is 5.10 Å². The monoisotopic (exact) mass is 1040 g/mol. The maximum Gasteiger partial charge on any atom is 0.266 e. The molecule has 9 rings (SSSR count). The molecule has 1 unspecified atom stereocenters. The van der Waals surface area contributed by atoms with Crippen molar-refractivity contribution in [2.45, 2.75) is 65.4 Å². The Morgan fingerprint density at radius 1 is 0.840 bits per heavy atom. The number of hydrogen-bond donors (Lipinski definition) is 1. The van der Waals surface area contributed by atoms with Crippen LogP contribution in [0, 0.1) is 12.8 Å². The fourth-order valence-corrected chi connectivity index (χ4v) is 9.84. The summed E-state index contributed by atoms with van der Waals surface area (Å²) >= 11 is 1.55. The van der Waals surface area contributed by atoms with Crippen LogP contribution in [0.25, 0.3) is 33.1 Å². The molecular formula is C55H60N8O11S. The summed E-state index contributed by atoms with van der Waals surface area (Å²) in [5, 5.41) is 7.28. The van der Waals surface area contributed by atoms with E-state index in [1.165, 1.54) is 10.7 Å². The van der Waals surface area contributed by atoms with Crippen LogP contribution in [0.1, 0.15) is 59.6 Å². The van der Waals surface area contributed by atoms with Gasteiger partial charge in [0.15, 0.2) is 5.58 Å². The minimum atomic E-state index is -0.681. The van der Waals surface area contributed by atoms with E-state index < -0.39 is 12.1 Å². The van der Waals surface area contributed by atoms with E-state index >= 15 is 0 Å². The summed E-state index contributed by atoms with van der Waals surface area (Å²) in [7, 11) is 1.57. The van der Waals surface area contributed by atoms with Crippen molar-refractivity contribution in [3.8, 4) is 39.3 Å². The summed E-state index contributed by atoms with van der Waals surface area (Å²) in [6.45, 7) is 9.94. The van der Waals surface area contributed by atoms with Gasteiger partial charge in [-0.25, -0.2) is 14.6 Å². The van der Waals surface area contributed by atoms with Gasteiger partial charge in [0.25, 0.3) is 11.5 Å². The van der Waals surface area contributed by atoms with Crippen molar-refractivity contribution >= 4 is 40.2 Å². The molecule has 0 spiro atoms. The molecule has 3 aromatic carbocycles. The van der Waals surface area contributed by atoms with Crippen LogP contribution >= 0.6 is 11.3 Å². The third kappa shape index (κ3) is 12.9. The van der Waals surface area contributed by atoms with Crippen LogP contribution in [0.4, 0.5) is 0 Å². The molecule has 7 aromatic rings. The minimum absolute atomic E-state index is 0.145. The van der Waals surface area contributed by atoms with Crippen molar-refractivity contribution in [2.75, 3.05) is 59.4 Å². The van der Waals surface area contributed by atoms with Crippen LogP contribution in [0.15, 0.2) is 106 Å². The lowest BCUT2D eigenvalue weighted by Gasteiger charge is -2.35. The number of aromatic nitrogens is 5. The second-order valence-electron chi connectivity index (χ2n) is 18.4. The first-order chi connectivity index (χ1) is 36.5. The lowest BCUT2D eigenvalue weighted by atomic mass is 10.0. The van der Waals surface area contributed by atoms with Gasteiger partial charge in [-0.3, -0.25) is 24.2 Å².